The molecule has 2 rings (SSSR count). The Morgan fingerprint density at radius 3 is 2.78 bits per heavy atom. The maximum absolute atomic E-state index is 12.5. The molecule has 0 atom stereocenters. The minimum Gasteiger partial charge on any atom is -0.472 e. The van der Waals surface area contributed by atoms with Crippen molar-refractivity contribution in [2.75, 3.05) is 6.61 Å². The standard InChI is InChI=1S/C15H22O3/c1-3-18-15(7-4-12(2)5-8-15)14(16)10-13-6-9-17-11-13/h6,9,11-12H,3-5,7-8,10H2,1-2H3. The van der Waals surface area contributed by atoms with Crippen LogP contribution in [0.15, 0.2) is 23.0 Å². The number of hydrogen-bond acceptors (Lipinski definition) is 3. The first-order chi connectivity index (χ1) is 8.66. The summed E-state index contributed by atoms with van der Waals surface area (Å²) < 4.78 is 10.9. The van der Waals surface area contributed by atoms with Gasteiger partial charge in [-0.2, -0.15) is 0 Å². The second kappa shape index (κ2) is 5.70. The molecule has 3 nitrogen and oxygen atoms in total. The maximum Gasteiger partial charge on any atom is 0.169 e. The highest BCUT2D eigenvalue weighted by Gasteiger charge is 2.41. The Morgan fingerprint density at radius 1 is 1.50 bits per heavy atom. The van der Waals surface area contributed by atoms with Gasteiger partial charge >= 0.3 is 0 Å². The zero-order chi connectivity index (χ0) is 13.0. The number of Topliss-reactive ketones (excluding diaryl/α,β-unsaturated/α-hetero) is 1. The fraction of sp³-hybridized carbons (Fsp3) is 0.667. The molecule has 0 spiro atoms. The smallest absolute Gasteiger partial charge is 0.169 e. The second-order valence-electron chi connectivity index (χ2n) is 5.34. The fourth-order valence-corrected chi connectivity index (χ4v) is 2.75. The van der Waals surface area contributed by atoms with E-state index in [9.17, 15) is 4.79 Å². The van der Waals surface area contributed by atoms with E-state index in [1.807, 2.05) is 13.0 Å². The first-order valence-electron chi connectivity index (χ1n) is 6.84. The third-order valence-electron chi connectivity index (χ3n) is 3.96. The molecule has 1 aromatic rings. The van der Waals surface area contributed by atoms with Crippen LogP contribution < -0.4 is 0 Å². The van der Waals surface area contributed by atoms with Crippen LogP contribution in [0.5, 0.6) is 0 Å². The average Bonchev–Trinajstić information content (AvgIpc) is 2.85. The first-order valence-corrected chi connectivity index (χ1v) is 6.84. The Kier molecular flexibility index (Phi) is 4.23. The minimum absolute atomic E-state index is 0.206. The summed E-state index contributed by atoms with van der Waals surface area (Å²) in [6.07, 6.45) is 7.55. The molecule has 0 bridgehead atoms. The normalized spacial score (nSPS) is 28.2. The van der Waals surface area contributed by atoms with Gasteiger partial charge < -0.3 is 9.15 Å². The molecule has 3 heteroatoms. The molecule has 1 fully saturated rings. The van der Waals surface area contributed by atoms with Gasteiger partial charge in [0.1, 0.15) is 5.60 Å². The lowest BCUT2D eigenvalue weighted by Crippen LogP contribution is -2.45. The van der Waals surface area contributed by atoms with E-state index in [4.69, 9.17) is 9.15 Å². The Morgan fingerprint density at radius 2 is 2.22 bits per heavy atom. The molecular weight excluding hydrogens is 228 g/mol. The van der Waals surface area contributed by atoms with Crippen molar-refractivity contribution in [3.05, 3.63) is 24.2 Å². The molecule has 1 aliphatic carbocycles. The van der Waals surface area contributed by atoms with E-state index >= 15 is 0 Å². The Hall–Kier alpha value is -1.09. The van der Waals surface area contributed by atoms with Gasteiger partial charge in [0.2, 0.25) is 0 Å². The second-order valence-corrected chi connectivity index (χ2v) is 5.34. The summed E-state index contributed by atoms with van der Waals surface area (Å²) in [5, 5.41) is 0. The maximum atomic E-state index is 12.5. The Balaban J connectivity index is 2.06. The molecule has 0 radical (unpaired) electrons. The highest BCUT2D eigenvalue weighted by atomic mass is 16.5. The largest absolute Gasteiger partial charge is 0.472 e. The first kappa shape index (κ1) is 13.3. The number of furan rings is 1. The predicted molar refractivity (Wildman–Crippen MR) is 69.4 cm³/mol. The van der Waals surface area contributed by atoms with Crippen molar-refractivity contribution < 1.29 is 13.9 Å². The molecule has 0 N–H and O–H groups in total. The van der Waals surface area contributed by atoms with Crippen LogP contribution in [0.25, 0.3) is 0 Å². The Labute approximate surface area is 109 Å². The van der Waals surface area contributed by atoms with Crippen LogP contribution in [0.1, 0.15) is 45.1 Å². The van der Waals surface area contributed by atoms with Crippen molar-refractivity contribution >= 4 is 5.78 Å². The predicted octanol–water partition coefficient (Wildman–Crippen LogP) is 3.38. The molecular formula is C15H22O3. The third kappa shape index (κ3) is 2.83. The van der Waals surface area contributed by atoms with Crippen molar-refractivity contribution in [3.63, 3.8) is 0 Å². The highest BCUT2D eigenvalue weighted by molar-refractivity contribution is 5.89. The lowest BCUT2D eigenvalue weighted by Gasteiger charge is -2.37. The molecule has 18 heavy (non-hydrogen) atoms. The summed E-state index contributed by atoms with van der Waals surface area (Å²) in [5.41, 5.74) is 0.399. The summed E-state index contributed by atoms with van der Waals surface area (Å²) >= 11 is 0. The molecule has 1 heterocycles. The number of carbonyl (C=O) groups is 1. The number of rotatable bonds is 5. The fourth-order valence-electron chi connectivity index (χ4n) is 2.75. The van der Waals surface area contributed by atoms with Crippen LogP contribution in [0.3, 0.4) is 0 Å². The monoisotopic (exact) mass is 250 g/mol. The molecule has 0 unspecified atom stereocenters. The van der Waals surface area contributed by atoms with E-state index in [0.29, 0.717) is 18.9 Å². The zero-order valence-corrected chi connectivity index (χ0v) is 11.3. The van der Waals surface area contributed by atoms with Crippen molar-refractivity contribution in [1.29, 1.82) is 0 Å². The molecule has 0 saturated heterocycles. The lowest BCUT2D eigenvalue weighted by atomic mass is 9.76. The quantitative estimate of drug-likeness (QED) is 0.804. The molecule has 1 aromatic heterocycles. The summed E-state index contributed by atoms with van der Waals surface area (Å²) in [5.74, 6) is 0.915. The van der Waals surface area contributed by atoms with Gasteiger partial charge in [0.25, 0.3) is 0 Å². The summed E-state index contributed by atoms with van der Waals surface area (Å²) in [4.78, 5) is 12.5. The lowest BCUT2D eigenvalue weighted by molar-refractivity contribution is -0.149. The van der Waals surface area contributed by atoms with Crippen molar-refractivity contribution in [1.82, 2.24) is 0 Å². The number of ether oxygens (including phenoxy) is 1. The van der Waals surface area contributed by atoms with Gasteiger partial charge in [-0.3, -0.25) is 4.79 Å². The molecule has 0 amide bonds. The molecule has 100 valence electrons. The number of ketones is 1. The van der Waals surface area contributed by atoms with Crippen molar-refractivity contribution in [2.24, 2.45) is 5.92 Å². The molecule has 0 aliphatic heterocycles. The summed E-state index contributed by atoms with van der Waals surface area (Å²) in [6, 6.07) is 1.85. The van der Waals surface area contributed by atoms with Gasteiger partial charge in [0.05, 0.1) is 12.5 Å². The van der Waals surface area contributed by atoms with Gasteiger partial charge in [-0.1, -0.05) is 6.92 Å². The van der Waals surface area contributed by atoms with Crippen LogP contribution in [0, 0.1) is 5.92 Å². The molecule has 1 aliphatic rings. The van der Waals surface area contributed by atoms with E-state index in [0.717, 1.165) is 31.2 Å². The summed E-state index contributed by atoms with van der Waals surface area (Å²) in [7, 11) is 0. The SMILES string of the molecule is CCOC1(C(=O)Cc2ccoc2)CCC(C)CC1. The number of hydrogen-bond donors (Lipinski definition) is 0. The molecule has 0 aromatic carbocycles. The van der Waals surface area contributed by atoms with Crippen molar-refractivity contribution in [3.8, 4) is 0 Å². The van der Waals surface area contributed by atoms with Crippen LogP contribution in [-0.4, -0.2) is 18.0 Å². The zero-order valence-electron chi connectivity index (χ0n) is 11.3. The van der Waals surface area contributed by atoms with E-state index < -0.39 is 5.60 Å². The Bertz CT molecular complexity index is 372. The van der Waals surface area contributed by atoms with E-state index in [-0.39, 0.29) is 5.78 Å². The van der Waals surface area contributed by atoms with Gasteiger partial charge in [-0.15, -0.1) is 0 Å². The minimum atomic E-state index is -0.543. The van der Waals surface area contributed by atoms with Crippen LogP contribution >= 0.6 is 0 Å². The topological polar surface area (TPSA) is 39.4 Å². The highest BCUT2D eigenvalue weighted by Crippen LogP contribution is 2.36. The van der Waals surface area contributed by atoms with Gasteiger partial charge in [0, 0.05) is 13.0 Å². The van der Waals surface area contributed by atoms with E-state index in [1.54, 1.807) is 12.5 Å². The van der Waals surface area contributed by atoms with Crippen LogP contribution in [-0.2, 0) is 16.0 Å². The van der Waals surface area contributed by atoms with E-state index in [2.05, 4.69) is 6.92 Å². The summed E-state index contributed by atoms with van der Waals surface area (Å²) in [6.45, 7) is 4.81. The number of carbonyl (C=O) groups excluding carboxylic acids is 1. The van der Waals surface area contributed by atoms with Gasteiger partial charge in [-0.25, -0.2) is 0 Å². The van der Waals surface area contributed by atoms with Gasteiger partial charge in [-0.05, 0) is 50.2 Å². The van der Waals surface area contributed by atoms with E-state index in [1.165, 1.54) is 0 Å². The third-order valence-corrected chi connectivity index (χ3v) is 3.96. The molecule has 1 saturated carbocycles. The van der Waals surface area contributed by atoms with Crippen LogP contribution in [0.4, 0.5) is 0 Å². The van der Waals surface area contributed by atoms with Crippen molar-refractivity contribution in [2.45, 2.75) is 51.6 Å². The van der Waals surface area contributed by atoms with Gasteiger partial charge in [0.15, 0.2) is 5.78 Å². The van der Waals surface area contributed by atoms with Crippen LogP contribution in [0.2, 0.25) is 0 Å². The average molecular weight is 250 g/mol.